The van der Waals surface area contributed by atoms with E-state index in [-0.39, 0.29) is 23.1 Å². The van der Waals surface area contributed by atoms with Crippen LogP contribution in [0.1, 0.15) is 31.1 Å². The Morgan fingerprint density at radius 1 is 1.28 bits per heavy atom. The van der Waals surface area contributed by atoms with Crippen molar-refractivity contribution in [3.05, 3.63) is 42.4 Å². The molecule has 2 aromatic heterocycles. The van der Waals surface area contributed by atoms with Gasteiger partial charge in [0.1, 0.15) is 17.1 Å². The Kier molecular flexibility index (Phi) is 6.93. The largest absolute Gasteiger partial charge is 0.491 e. The summed E-state index contributed by atoms with van der Waals surface area (Å²) in [5, 5.41) is 9.87. The molecule has 0 spiro atoms. The number of hydrogen-bond acceptors (Lipinski definition) is 8. The number of carbonyl (C=O) groups is 1. The maximum Gasteiger partial charge on any atom is 0.254 e. The third-order valence-corrected chi connectivity index (χ3v) is 5.60. The molecule has 3 aromatic rings. The van der Waals surface area contributed by atoms with Crippen LogP contribution in [0.15, 0.2) is 36.8 Å². The van der Waals surface area contributed by atoms with Crippen molar-refractivity contribution in [1.29, 1.82) is 0 Å². The van der Waals surface area contributed by atoms with Crippen LogP contribution in [0.2, 0.25) is 0 Å². The second-order valence-electron chi connectivity index (χ2n) is 7.32. The number of rotatable bonds is 10. The van der Waals surface area contributed by atoms with E-state index in [0.717, 1.165) is 0 Å². The molecule has 0 aliphatic heterocycles. The number of aromatic amines is 1. The number of hydrogen-bond donors (Lipinski definition) is 4. The molecule has 32 heavy (non-hydrogen) atoms. The highest BCUT2D eigenvalue weighted by Crippen LogP contribution is 2.34. The number of benzene rings is 1. The zero-order chi connectivity index (χ0) is 23.3. The zero-order valence-corrected chi connectivity index (χ0v) is 18.7. The molecular weight excluding hydrogens is 434 g/mol. The summed E-state index contributed by atoms with van der Waals surface area (Å²) in [6.07, 6.45) is 4.49. The van der Waals surface area contributed by atoms with E-state index in [2.05, 4.69) is 30.2 Å². The minimum atomic E-state index is -3.51. The quantitative estimate of drug-likeness (QED) is 0.359. The van der Waals surface area contributed by atoms with Gasteiger partial charge in [0.05, 0.1) is 29.9 Å². The normalized spacial score (nSPS) is 11.4. The van der Waals surface area contributed by atoms with Gasteiger partial charge in [-0.15, -0.1) is 0 Å². The van der Waals surface area contributed by atoms with Crippen molar-refractivity contribution in [3.63, 3.8) is 0 Å². The topological polar surface area (TPSA) is 165 Å². The van der Waals surface area contributed by atoms with Crippen molar-refractivity contribution in [2.24, 2.45) is 11.7 Å². The standard InChI is InChI=1S/C20H25N7O4S/c1-4-32(29,30)27-14-6-5-13(9-15(14)31-11-12(2)3)18-17(19(21)28)20(26-25-18)24-16-10-22-7-8-23-16/h5-10,12,27H,4,11H2,1-3H3,(H2,21,28)(H2,23,24,25,26). The second-order valence-corrected chi connectivity index (χ2v) is 9.33. The number of carbonyl (C=O) groups excluding carboxylic acids is 1. The monoisotopic (exact) mass is 459 g/mol. The predicted octanol–water partition coefficient (Wildman–Crippen LogP) is 2.51. The first-order valence-electron chi connectivity index (χ1n) is 9.89. The van der Waals surface area contributed by atoms with Crippen LogP contribution in [0.25, 0.3) is 11.3 Å². The van der Waals surface area contributed by atoms with Crippen LogP contribution >= 0.6 is 0 Å². The molecule has 0 saturated heterocycles. The first-order chi connectivity index (χ1) is 15.2. The Morgan fingerprint density at radius 2 is 2.06 bits per heavy atom. The minimum absolute atomic E-state index is 0.0812. The number of nitrogens with one attached hydrogen (secondary N) is 3. The average molecular weight is 460 g/mol. The molecule has 170 valence electrons. The summed E-state index contributed by atoms with van der Waals surface area (Å²) < 4.78 is 32.5. The lowest BCUT2D eigenvalue weighted by Gasteiger charge is -2.16. The highest BCUT2D eigenvalue weighted by atomic mass is 32.2. The highest BCUT2D eigenvalue weighted by Gasteiger charge is 2.22. The first kappa shape index (κ1) is 23.0. The van der Waals surface area contributed by atoms with Crippen molar-refractivity contribution in [2.75, 3.05) is 22.4 Å². The number of ether oxygens (including phenoxy) is 1. The Bertz CT molecular complexity index is 1190. The van der Waals surface area contributed by atoms with E-state index in [0.29, 0.717) is 35.1 Å². The van der Waals surface area contributed by atoms with E-state index in [4.69, 9.17) is 10.5 Å². The van der Waals surface area contributed by atoms with Crippen LogP contribution in [0.4, 0.5) is 17.3 Å². The van der Waals surface area contributed by atoms with E-state index in [1.165, 1.54) is 18.6 Å². The van der Waals surface area contributed by atoms with E-state index in [1.807, 2.05) is 13.8 Å². The molecule has 0 radical (unpaired) electrons. The van der Waals surface area contributed by atoms with E-state index in [1.54, 1.807) is 25.1 Å². The Balaban J connectivity index is 2.03. The van der Waals surface area contributed by atoms with Crippen LogP contribution in [-0.4, -0.2) is 46.9 Å². The number of sulfonamides is 1. The van der Waals surface area contributed by atoms with Crippen molar-refractivity contribution < 1.29 is 17.9 Å². The van der Waals surface area contributed by atoms with E-state index >= 15 is 0 Å². The summed E-state index contributed by atoms with van der Waals surface area (Å²) in [6.45, 7) is 5.87. The molecule has 2 heterocycles. The van der Waals surface area contributed by atoms with Crippen molar-refractivity contribution in [2.45, 2.75) is 20.8 Å². The Labute approximate surface area is 185 Å². The number of aromatic nitrogens is 4. The van der Waals surface area contributed by atoms with Crippen LogP contribution < -0.4 is 20.5 Å². The molecule has 0 saturated carbocycles. The summed E-state index contributed by atoms with van der Waals surface area (Å²) in [4.78, 5) is 20.3. The van der Waals surface area contributed by atoms with Gasteiger partial charge in [-0.3, -0.25) is 19.6 Å². The molecular formula is C20H25N7O4S. The van der Waals surface area contributed by atoms with Crippen molar-refractivity contribution in [3.8, 4) is 17.0 Å². The van der Waals surface area contributed by atoms with Crippen molar-refractivity contribution in [1.82, 2.24) is 20.2 Å². The highest BCUT2D eigenvalue weighted by molar-refractivity contribution is 7.92. The molecule has 1 amide bonds. The number of H-pyrrole nitrogens is 1. The lowest BCUT2D eigenvalue weighted by Crippen LogP contribution is -2.16. The molecule has 0 bridgehead atoms. The van der Waals surface area contributed by atoms with Gasteiger partial charge in [0.2, 0.25) is 10.0 Å². The van der Waals surface area contributed by atoms with Gasteiger partial charge in [0.25, 0.3) is 5.91 Å². The molecule has 0 aliphatic rings. The number of amides is 1. The third kappa shape index (κ3) is 5.52. The summed E-state index contributed by atoms with van der Waals surface area (Å²) >= 11 is 0. The molecule has 3 rings (SSSR count). The molecule has 1 aromatic carbocycles. The fourth-order valence-corrected chi connectivity index (χ4v) is 3.39. The number of anilines is 3. The van der Waals surface area contributed by atoms with Crippen LogP contribution in [-0.2, 0) is 10.0 Å². The lowest BCUT2D eigenvalue weighted by molar-refractivity contribution is 0.100. The van der Waals surface area contributed by atoms with Gasteiger partial charge < -0.3 is 15.8 Å². The summed E-state index contributed by atoms with van der Waals surface area (Å²) in [5.41, 5.74) is 6.93. The summed E-state index contributed by atoms with van der Waals surface area (Å²) in [5.74, 6) is 0.321. The molecule has 5 N–H and O–H groups in total. The van der Waals surface area contributed by atoms with Crippen LogP contribution in [0.3, 0.4) is 0 Å². The zero-order valence-electron chi connectivity index (χ0n) is 17.9. The van der Waals surface area contributed by atoms with Crippen LogP contribution in [0.5, 0.6) is 5.75 Å². The smallest absolute Gasteiger partial charge is 0.254 e. The van der Waals surface area contributed by atoms with Crippen LogP contribution in [0, 0.1) is 5.92 Å². The van der Waals surface area contributed by atoms with Gasteiger partial charge >= 0.3 is 0 Å². The first-order valence-corrected chi connectivity index (χ1v) is 11.5. The Hall–Kier alpha value is -3.67. The number of nitrogens with two attached hydrogens (primary N) is 1. The average Bonchev–Trinajstić information content (AvgIpc) is 3.17. The molecule has 0 aliphatic carbocycles. The van der Waals surface area contributed by atoms with Gasteiger partial charge in [0.15, 0.2) is 5.82 Å². The molecule has 11 nitrogen and oxygen atoms in total. The minimum Gasteiger partial charge on any atom is -0.491 e. The van der Waals surface area contributed by atoms with Gasteiger partial charge in [-0.2, -0.15) is 5.10 Å². The van der Waals surface area contributed by atoms with Gasteiger partial charge in [0, 0.05) is 18.0 Å². The number of nitrogens with zero attached hydrogens (tertiary/aromatic N) is 3. The van der Waals surface area contributed by atoms with Gasteiger partial charge in [-0.25, -0.2) is 13.4 Å². The maximum absolute atomic E-state index is 12.2. The lowest BCUT2D eigenvalue weighted by atomic mass is 10.1. The van der Waals surface area contributed by atoms with Gasteiger partial charge in [-0.05, 0) is 25.0 Å². The van der Waals surface area contributed by atoms with Gasteiger partial charge in [-0.1, -0.05) is 19.9 Å². The van der Waals surface area contributed by atoms with E-state index in [9.17, 15) is 13.2 Å². The van der Waals surface area contributed by atoms with E-state index < -0.39 is 15.9 Å². The molecule has 0 unspecified atom stereocenters. The molecule has 0 fully saturated rings. The third-order valence-electron chi connectivity index (χ3n) is 4.31. The second kappa shape index (κ2) is 9.64. The van der Waals surface area contributed by atoms with Crippen molar-refractivity contribution >= 4 is 33.3 Å². The Morgan fingerprint density at radius 3 is 2.69 bits per heavy atom. The fourth-order valence-electron chi connectivity index (χ4n) is 2.74. The summed E-state index contributed by atoms with van der Waals surface area (Å²) in [7, 11) is -3.51. The predicted molar refractivity (Wildman–Crippen MR) is 121 cm³/mol. The summed E-state index contributed by atoms with van der Waals surface area (Å²) in [6, 6.07) is 4.84. The molecule has 12 heteroatoms. The maximum atomic E-state index is 12.2. The fraction of sp³-hybridized carbons (Fsp3) is 0.300. The molecule has 0 atom stereocenters. The SMILES string of the molecule is CCS(=O)(=O)Nc1ccc(-c2[nH]nc(Nc3cnccn3)c2C(N)=O)cc1OCC(C)C. The number of primary amides is 1.